The zero-order chi connectivity index (χ0) is 19.2. The lowest BCUT2D eigenvalue weighted by molar-refractivity contribution is -0.115. The maximum Gasteiger partial charge on any atom is 0.228 e. The molecule has 1 N–H and O–H groups in total. The summed E-state index contributed by atoms with van der Waals surface area (Å²) in [6.07, 6.45) is 6.87. The fraction of sp³-hybridized carbons (Fsp3) is 0.136. The number of rotatable bonds is 6. The van der Waals surface area contributed by atoms with Crippen LogP contribution in [0, 0.1) is 6.92 Å². The number of aryl methyl sites for hydroxylation is 2. The topological polar surface area (TPSA) is 64.0 Å². The molecule has 1 heterocycles. The van der Waals surface area contributed by atoms with E-state index in [0.717, 1.165) is 22.4 Å². The molecule has 0 bridgehead atoms. The molecule has 1 aromatic heterocycles. The SMILES string of the molecule is Cc1ccc(NC(=O)Cc2ccc(/C=C/C(=O)c3nccn3C)cc2)cc1. The Bertz CT molecular complexity index is 968. The third-order valence-corrected chi connectivity index (χ3v) is 4.15. The molecular formula is C22H21N3O2. The molecule has 0 radical (unpaired) electrons. The highest BCUT2D eigenvalue weighted by molar-refractivity contribution is 6.04. The predicted octanol–water partition coefficient (Wildman–Crippen LogP) is 3.81. The number of amides is 1. The first-order chi connectivity index (χ1) is 13.0. The minimum Gasteiger partial charge on any atom is -0.331 e. The number of benzene rings is 2. The summed E-state index contributed by atoms with van der Waals surface area (Å²) in [5.41, 5.74) is 3.74. The average molecular weight is 359 g/mol. The van der Waals surface area contributed by atoms with Crippen molar-refractivity contribution < 1.29 is 9.59 Å². The van der Waals surface area contributed by atoms with Crippen molar-refractivity contribution in [1.82, 2.24) is 9.55 Å². The van der Waals surface area contributed by atoms with Crippen LogP contribution >= 0.6 is 0 Å². The number of carbonyl (C=O) groups is 2. The van der Waals surface area contributed by atoms with E-state index in [1.807, 2.05) is 55.5 Å². The van der Waals surface area contributed by atoms with Crippen molar-refractivity contribution in [2.75, 3.05) is 5.32 Å². The van der Waals surface area contributed by atoms with Gasteiger partial charge < -0.3 is 9.88 Å². The summed E-state index contributed by atoms with van der Waals surface area (Å²) in [4.78, 5) is 28.3. The highest BCUT2D eigenvalue weighted by Gasteiger charge is 2.07. The number of hydrogen-bond donors (Lipinski definition) is 1. The van der Waals surface area contributed by atoms with Gasteiger partial charge in [0, 0.05) is 25.1 Å². The van der Waals surface area contributed by atoms with Gasteiger partial charge in [-0.3, -0.25) is 9.59 Å². The number of carbonyl (C=O) groups excluding carboxylic acids is 2. The van der Waals surface area contributed by atoms with E-state index in [1.54, 1.807) is 30.1 Å². The van der Waals surface area contributed by atoms with Crippen molar-refractivity contribution >= 4 is 23.5 Å². The van der Waals surface area contributed by atoms with Crippen LogP contribution in [0.5, 0.6) is 0 Å². The summed E-state index contributed by atoms with van der Waals surface area (Å²) < 4.78 is 1.68. The predicted molar refractivity (Wildman–Crippen MR) is 107 cm³/mol. The molecule has 136 valence electrons. The molecule has 0 aliphatic heterocycles. The van der Waals surface area contributed by atoms with Crippen LogP contribution in [0.2, 0.25) is 0 Å². The molecule has 0 saturated heterocycles. The highest BCUT2D eigenvalue weighted by atomic mass is 16.1. The van der Waals surface area contributed by atoms with Crippen LogP contribution in [0.4, 0.5) is 5.69 Å². The average Bonchev–Trinajstić information content (AvgIpc) is 3.09. The van der Waals surface area contributed by atoms with Crippen LogP contribution in [0.15, 0.2) is 67.0 Å². The summed E-state index contributed by atoms with van der Waals surface area (Å²) in [7, 11) is 1.78. The monoisotopic (exact) mass is 359 g/mol. The van der Waals surface area contributed by atoms with Gasteiger partial charge >= 0.3 is 0 Å². The van der Waals surface area contributed by atoms with Gasteiger partial charge in [-0.25, -0.2) is 4.98 Å². The normalized spacial score (nSPS) is 10.9. The van der Waals surface area contributed by atoms with Crippen LogP contribution in [0.3, 0.4) is 0 Å². The van der Waals surface area contributed by atoms with Gasteiger partial charge in [0.1, 0.15) is 0 Å². The van der Waals surface area contributed by atoms with E-state index in [4.69, 9.17) is 0 Å². The van der Waals surface area contributed by atoms with Gasteiger partial charge in [0.15, 0.2) is 5.82 Å². The van der Waals surface area contributed by atoms with E-state index in [9.17, 15) is 9.59 Å². The molecule has 5 heteroatoms. The van der Waals surface area contributed by atoms with Crippen molar-refractivity contribution in [1.29, 1.82) is 0 Å². The van der Waals surface area contributed by atoms with Gasteiger partial charge in [-0.15, -0.1) is 0 Å². The molecule has 0 fully saturated rings. The lowest BCUT2D eigenvalue weighted by atomic mass is 10.1. The molecule has 2 aromatic carbocycles. The molecule has 0 unspecified atom stereocenters. The second-order valence-corrected chi connectivity index (χ2v) is 6.39. The van der Waals surface area contributed by atoms with Crippen LogP contribution in [-0.2, 0) is 18.3 Å². The van der Waals surface area contributed by atoms with Gasteiger partial charge in [0.05, 0.1) is 6.42 Å². The lowest BCUT2D eigenvalue weighted by Crippen LogP contribution is -2.14. The van der Waals surface area contributed by atoms with E-state index < -0.39 is 0 Å². The Morgan fingerprint density at radius 2 is 1.78 bits per heavy atom. The Labute approximate surface area is 158 Å². The number of hydrogen-bond acceptors (Lipinski definition) is 3. The number of anilines is 1. The summed E-state index contributed by atoms with van der Waals surface area (Å²) in [5.74, 6) is 0.187. The second kappa shape index (κ2) is 8.27. The smallest absolute Gasteiger partial charge is 0.228 e. The largest absolute Gasteiger partial charge is 0.331 e. The molecule has 0 spiro atoms. The van der Waals surface area contributed by atoms with Crippen LogP contribution in [-0.4, -0.2) is 21.2 Å². The Morgan fingerprint density at radius 1 is 1.07 bits per heavy atom. The van der Waals surface area contributed by atoms with Crippen molar-refractivity contribution in [3.05, 3.63) is 89.5 Å². The number of aromatic nitrogens is 2. The quantitative estimate of drug-likeness (QED) is 0.538. The van der Waals surface area contributed by atoms with E-state index in [0.29, 0.717) is 12.2 Å². The third kappa shape index (κ3) is 5.01. The molecule has 3 aromatic rings. The number of imidazole rings is 1. The minimum absolute atomic E-state index is 0.0629. The Hall–Kier alpha value is -3.47. The lowest BCUT2D eigenvalue weighted by Gasteiger charge is -2.06. The van der Waals surface area contributed by atoms with Gasteiger partial charge in [-0.2, -0.15) is 0 Å². The third-order valence-electron chi connectivity index (χ3n) is 4.15. The molecule has 5 nitrogen and oxygen atoms in total. The van der Waals surface area contributed by atoms with E-state index >= 15 is 0 Å². The van der Waals surface area contributed by atoms with Crippen molar-refractivity contribution in [3.63, 3.8) is 0 Å². The summed E-state index contributed by atoms with van der Waals surface area (Å²) in [6, 6.07) is 15.2. The molecule has 1 amide bonds. The zero-order valence-corrected chi connectivity index (χ0v) is 15.3. The minimum atomic E-state index is -0.149. The van der Waals surface area contributed by atoms with Gasteiger partial charge in [0.25, 0.3) is 0 Å². The fourth-order valence-corrected chi connectivity index (χ4v) is 2.62. The highest BCUT2D eigenvalue weighted by Crippen LogP contribution is 2.11. The zero-order valence-electron chi connectivity index (χ0n) is 15.3. The summed E-state index contributed by atoms with van der Waals surface area (Å²) >= 11 is 0. The molecule has 0 aliphatic rings. The molecule has 0 atom stereocenters. The number of nitrogens with one attached hydrogen (secondary N) is 1. The Kier molecular flexibility index (Phi) is 5.61. The first kappa shape index (κ1) is 18.3. The van der Waals surface area contributed by atoms with Crippen molar-refractivity contribution in [3.8, 4) is 0 Å². The molecule has 0 aliphatic carbocycles. The molecule has 27 heavy (non-hydrogen) atoms. The standard InChI is InChI=1S/C22H21N3O2/c1-16-3-10-19(11-4-16)24-21(27)15-18-7-5-17(6-8-18)9-12-20(26)22-23-13-14-25(22)2/h3-14H,15H2,1-2H3,(H,24,27)/b12-9+. The van der Waals surface area contributed by atoms with Gasteiger partial charge in [0.2, 0.25) is 11.7 Å². The van der Waals surface area contributed by atoms with Gasteiger partial charge in [-0.1, -0.05) is 48.0 Å². The van der Waals surface area contributed by atoms with Crippen molar-refractivity contribution in [2.24, 2.45) is 7.05 Å². The number of nitrogens with zero attached hydrogens (tertiary/aromatic N) is 2. The van der Waals surface area contributed by atoms with E-state index in [2.05, 4.69) is 10.3 Å². The maximum atomic E-state index is 12.2. The number of allylic oxidation sites excluding steroid dienone is 1. The van der Waals surface area contributed by atoms with E-state index in [-0.39, 0.29) is 11.7 Å². The summed E-state index contributed by atoms with van der Waals surface area (Å²) in [5, 5.41) is 2.89. The molecule has 0 saturated carbocycles. The van der Waals surface area contributed by atoms with Crippen LogP contribution in [0.25, 0.3) is 6.08 Å². The first-order valence-electron chi connectivity index (χ1n) is 8.66. The number of ketones is 1. The van der Waals surface area contributed by atoms with Crippen LogP contribution in [0.1, 0.15) is 27.3 Å². The molecule has 3 rings (SSSR count). The van der Waals surface area contributed by atoms with Gasteiger partial charge in [-0.05, 0) is 36.3 Å². The van der Waals surface area contributed by atoms with Crippen molar-refractivity contribution in [2.45, 2.75) is 13.3 Å². The second-order valence-electron chi connectivity index (χ2n) is 6.39. The Morgan fingerprint density at radius 3 is 2.41 bits per heavy atom. The first-order valence-corrected chi connectivity index (χ1v) is 8.66. The van der Waals surface area contributed by atoms with Crippen LogP contribution < -0.4 is 5.32 Å². The summed E-state index contributed by atoms with van der Waals surface area (Å²) in [6.45, 7) is 2.01. The van der Waals surface area contributed by atoms with E-state index in [1.165, 1.54) is 6.08 Å². The maximum absolute atomic E-state index is 12.2. The molecular weight excluding hydrogens is 338 g/mol. The fourth-order valence-electron chi connectivity index (χ4n) is 2.62. The Balaban J connectivity index is 1.57.